The second-order valence-corrected chi connectivity index (χ2v) is 7.66. The second-order valence-electron chi connectivity index (χ2n) is 7.66. The number of amides is 1. The lowest BCUT2D eigenvalue weighted by Gasteiger charge is -2.32. The Kier molecular flexibility index (Phi) is 6.17. The number of carbonyl (C=O) groups excluding carboxylic acids is 1. The highest BCUT2D eigenvalue weighted by molar-refractivity contribution is 6.48. The van der Waals surface area contributed by atoms with Crippen molar-refractivity contribution in [1.29, 1.82) is 0 Å². The van der Waals surface area contributed by atoms with E-state index in [1.165, 1.54) is 0 Å². The molecule has 2 N–H and O–H groups in total. The van der Waals surface area contributed by atoms with Crippen molar-refractivity contribution in [3.63, 3.8) is 0 Å². The van der Waals surface area contributed by atoms with Gasteiger partial charge in [0.05, 0.1) is 17.8 Å². The van der Waals surface area contributed by atoms with E-state index < -0.39 is 18.3 Å². The monoisotopic (exact) mass is 347 g/mol. The Bertz CT molecular complexity index is 560. The molecule has 1 aliphatic heterocycles. The van der Waals surface area contributed by atoms with Crippen LogP contribution in [0.2, 0.25) is 5.82 Å². The van der Waals surface area contributed by atoms with Crippen molar-refractivity contribution in [1.82, 2.24) is 0 Å². The minimum absolute atomic E-state index is 0.146. The number of benzene rings is 1. The number of para-hydroxylation sites is 1. The first-order valence-electron chi connectivity index (χ1n) is 9.00. The summed E-state index contributed by atoms with van der Waals surface area (Å²) >= 11 is 0. The standard InChI is InChI=1S/C19H30BNO4/c1-6-15(17(21)22)16(12-13-23-14-10-8-7-9-11-14)20-24-18(2,3)19(4,5)25-20/h7-11,15-16H,6,12-13H2,1-5H3,(H2,21,22)/t15?,16-/m1/s1. The fourth-order valence-corrected chi connectivity index (χ4v) is 3.13. The molecular formula is C19H30BNO4. The molecule has 0 aliphatic carbocycles. The predicted molar refractivity (Wildman–Crippen MR) is 99.4 cm³/mol. The van der Waals surface area contributed by atoms with Crippen molar-refractivity contribution in [3.8, 4) is 5.75 Å². The van der Waals surface area contributed by atoms with Crippen molar-refractivity contribution in [3.05, 3.63) is 30.3 Å². The topological polar surface area (TPSA) is 70.8 Å². The molecule has 1 saturated heterocycles. The predicted octanol–water partition coefficient (Wildman–Crippen LogP) is 3.43. The van der Waals surface area contributed by atoms with Crippen LogP contribution in [0.3, 0.4) is 0 Å². The fourth-order valence-electron chi connectivity index (χ4n) is 3.13. The summed E-state index contributed by atoms with van der Waals surface area (Å²) in [7, 11) is -0.471. The van der Waals surface area contributed by atoms with Gasteiger partial charge in [-0.15, -0.1) is 0 Å². The van der Waals surface area contributed by atoms with Gasteiger partial charge in [-0.05, 0) is 52.7 Å². The average Bonchev–Trinajstić information content (AvgIpc) is 2.75. The third-order valence-corrected chi connectivity index (χ3v) is 5.41. The minimum Gasteiger partial charge on any atom is -0.494 e. The van der Waals surface area contributed by atoms with Crippen LogP contribution in [0.4, 0.5) is 0 Å². The summed E-state index contributed by atoms with van der Waals surface area (Å²) in [5.74, 6) is 0.0329. The van der Waals surface area contributed by atoms with Crippen LogP contribution in [0, 0.1) is 5.92 Å². The molecule has 1 fully saturated rings. The van der Waals surface area contributed by atoms with E-state index in [2.05, 4.69) is 0 Å². The lowest BCUT2D eigenvalue weighted by atomic mass is 9.62. The summed E-state index contributed by atoms with van der Waals surface area (Å²) in [6, 6.07) is 9.63. The third kappa shape index (κ3) is 4.56. The molecule has 1 aliphatic rings. The highest BCUT2D eigenvalue weighted by atomic mass is 16.7. The van der Waals surface area contributed by atoms with Gasteiger partial charge in [-0.2, -0.15) is 0 Å². The maximum Gasteiger partial charge on any atom is 0.462 e. The van der Waals surface area contributed by atoms with Gasteiger partial charge in [0.25, 0.3) is 0 Å². The Morgan fingerprint density at radius 3 is 2.20 bits per heavy atom. The lowest BCUT2D eigenvalue weighted by Crippen LogP contribution is -2.41. The van der Waals surface area contributed by atoms with Crippen molar-refractivity contribution in [2.75, 3.05) is 6.61 Å². The van der Waals surface area contributed by atoms with E-state index in [0.717, 1.165) is 5.75 Å². The molecule has 2 rings (SSSR count). The zero-order chi connectivity index (χ0) is 18.7. The molecule has 0 bridgehead atoms. The molecule has 1 amide bonds. The van der Waals surface area contributed by atoms with Crippen LogP contribution in [0.1, 0.15) is 47.5 Å². The SMILES string of the molecule is CCC(C(N)=O)[C@@H](CCOc1ccccc1)B1OC(C)(C)C(C)(C)O1. The first kappa shape index (κ1) is 19.8. The zero-order valence-electron chi connectivity index (χ0n) is 16.0. The number of carbonyl (C=O) groups is 1. The molecule has 1 aromatic carbocycles. The van der Waals surface area contributed by atoms with Gasteiger partial charge >= 0.3 is 7.12 Å². The van der Waals surface area contributed by atoms with E-state index in [1.54, 1.807) is 0 Å². The first-order valence-corrected chi connectivity index (χ1v) is 9.00. The molecule has 1 heterocycles. The quantitative estimate of drug-likeness (QED) is 0.732. The Hall–Kier alpha value is -1.53. The molecule has 5 nitrogen and oxygen atoms in total. The van der Waals surface area contributed by atoms with Gasteiger partial charge in [-0.3, -0.25) is 4.79 Å². The van der Waals surface area contributed by atoms with E-state index in [1.807, 2.05) is 65.0 Å². The van der Waals surface area contributed by atoms with Gasteiger partial charge in [0, 0.05) is 11.7 Å². The van der Waals surface area contributed by atoms with Gasteiger partial charge in [-0.1, -0.05) is 25.1 Å². The Morgan fingerprint density at radius 1 is 1.16 bits per heavy atom. The summed E-state index contributed by atoms with van der Waals surface area (Å²) in [6.07, 6.45) is 1.28. The Balaban J connectivity index is 2.10. The van der Waals surface area contributed by atoms with E-state index in [-0.39, 0.29) is 17.6 Å². The average molecular weight is 347 g/mol. The number of ether oxygens (including phenoxy) is 1. The molecule has 138 valence electrons. The Labute approximate surface area is 151 Å². The highest BCUT2D eigenvalue weighted by Gasteiger charge is 2.55. The summed E-state index contributed by atoms with van der Waals surface area (Å²) < 4.78 is 18.2. The van der Waals surface area contributed by atoms with Gasteiger partial charge < -0.3 is 19.8 Å². The zero-order valence-corrected chi connectivity index (χ0v) is 16.0. The molecule has 0 aromatic heterocycles. The third-order valence-electron chi connectivity index (χ3n) is 5.41. The van der Waals surface area contributed by atoms with Crippen LogP contribution in [-0.2, 0) is 14.1 Å². The highest BCUT2D eigenvalue weighted by Crippen LogP contribution is 2.43. The van der Waals surface area contributed by atoms with Crippen LogP contribution >= 0.6 is 0 Å². The maximum atomic E-state index is 12.0. The number of primary amides is 1. The van der Waals surface area contributed by atoms with Crippen LogP contribution in [0.25, 0.3) is 0 Å². The molecule has 0 saturated carbocycles. The molecule has 2 atom stereocenters. The summed E-state index contributed by atoms with van der Waals surface area (Å²) in [5, 5.41) is 0. The largest absolute Gasteiger partial charge is 0.494 e. The van der Waals surface area contributed by atoms with Crippen LogP contribution in [0.5, 0.6) is 5.75 Å². The first-order chi connectivity index (χ1) is 11.7. The summed E-state index contributed by atoms with van der Waals surface area (Å²) in [5.41, 5.74) is 4.77. The van der Waals surface area contributed by atoms with Crippen molar-refractivity contribution in [2.24, 2.45) is 11.7 Å². The van der Waals surface area contributed by atoms with Crippen molar-refractivity contribution in [2.45, 2.75) is 64.5 Å². The smallest absolute Gasteiger partial charge is 0.462 e. The minimum atomic E-state index is -0.471. The van der Waals surface area contributed by atoms with Gasteiger partial charge in [-0.25, -0.2) is 0 Å². The van der Waals surface area contributed by atoms with Gasteiger partial charge in [0.1, 0.15) is 5.75 Å². The van der Waals surface area contributed by atoms with Crippen molar-refractivity contribution >= 4 is 13.0 Å². The molecule has 6 heteroatoms. The van der Waals surface area contributed by atoms with E-state index >= 15 is 0 Å². The summed E-state index contributed by atoms with van der Waals surface area (Å²) in [4.78, 5) is 12.0. The molecule has 1 aromatic rings. The fraction of sp³-hybridized carbons (Fsp3) is 0.632. The van der Waals surface area contributed by atoms with E-state index in [0.29, 0.717) is 19.4 Å². The molecule has 25 heavy (non-hydrogen) atoms. The van der Waals surface area contributed by atoms with Crippen LogP contribution in [-0.4, -0.2) is 30.8 Å². The van der Waals surface area contributed by atoms with E-state index in [4.69, 9.17) is 19.8 Å². The lowest BCUT2D eigenvalue weighted by molar-refractivity contribution is -0.122. The summed E-state index contributed by atoms with van der Waals surface area (Å²) in [6.45, 7) is 10.5. The van der Waals surface area contributed by atoms with Crippen molar-refractivity contribution < 1.29 is 18.8 Å². The maximum absolute atomic E-state index is 12.0. The normalized spacial score (nSPS) is 20.9. The van der Waals surface area contributed by atoms with Gasteiger partial charge in [0.2, 0.25) is 5.91 Å². The van der Waals surface area contributed by atoms with E-state index in [9.17, 15) is 4.79 Å². The van der Waals surface area contributed by atoms with Gasteiger partial charge in [0.15, 0.2) is 0 Å². The molecular weight excluding hydrogens is 317 g/mol. The number of hydrogen-bond acceptors (Lipinski definition) is 4. The number of rotatable bonds is 8. The molecule has 1 unspecified atom stereocenters. The number of hydrogen-bond donors (Lipinski definition) is 1. The second kappa shape index (κ2) is 7.79. The van der Waals surface area contributed by atoms with Crippen LogP contribution < -0.4 is 10.5 Å². The number of nitrogens with two attached hydrogens (primary N) is 1. The Morgan fingerprint density at radius 2 is 1.72 bits per heavy atom. The molecule has 0 spiro atoms. The van der Waals surface area contributed by atoms with Crippen LogP contribution in [0.15, 0.2) is 30.3 Å². The molecule has 0 radical (unpaired) electrons.